The Hall–Kier alpha value is -3.15. The molecule has 0 aliphatic carbocycles. The number of rotatable bonds is 5. The number of benzene rings is 2. The molecule has 0 fully saturated rings. The number of aryl methyl sites for hydroxylation is 2. The van der Waals surface area contributed by atoms with Crippen molar-refractivity contribution in [1.29, 1.82) is 0 Å². The topological polar surface area (TPSA) is 62.2 Å². The van der Waals surface area contributed by atoms with Gasteiger partial charge in [0.25, 0.3) is 5.91 Å². The zero-order valence-corrected chi connectivity index (χ0v) is 16.7. The lowest BCUT2D eigenvalue weighted by molar-refractivity contribution is -0.135. The van der Waals surface area contributed by atoms with E-state index in [1.807, 2.05) is 62.4 Å². The van der Waals surface area contributed by atoms with Crippen molar-refractivity contribution in [3.63, 3.8) is 0 Å². The molecule has 1 aliphatic heterocycles. The van der Waals surface area contributed by atoms with Crippen LogP contribution >= 0.6 is 0 Å². The predicted octanol–water partition coefficient (Wildman–Crippen LogP) is 3.46. The summed E-state index contributed by atoms with van der Waals surface area (Å²) in [6, 6.07) is 14.8. The van der Waals surface area contributed by atoms with Gasteiger partial charge in [0, 0.05) is 19.2 Å². The molecular formula is C22H25N3O3. The Labute approximate surface area is 165 Å². The maximum absolute atomic E-state index is 13.4. The molecule has 0 saturated heterocycles. The third-order valence-corrected chi connectivity index (χ3v) is 4.78. The smallest absolute Gasteiger partial charge is 0.354 e. The van der Waals surface area contributed by atoms with Gasteiger partial charge in [-0.25, -0.2) is 4.79 Å². The second kappa shape index (κ2) is 8.25. The first kappa shape index (κ1) is 19.6. The molecule has 3 rings (SSSR count). The van der Waals surface area contributed by atoms with Gasteiger partial charge >= 0.3 is 5.97 Å². The second-order valence-electron chi connectivity index (χ2n) is 6.85. The predicted molar refractivity (Wildman–Crippen MR) is 111 cm³/mol. The molecule has 1 atom stereocenters. The lowest BCUT2D eigenvalue weighted by Gasteiger charge is -2.28. The second-order valence-corrected chi connectivity index (χ2v) is 6.85. The summed E-state index contributed by atoms with van der Waals surface area (Å²) in [5, 5.41) is 6.04. The van der Waals surface area contributed by atoms with Gasteiger partial charge in [-0.15, -0.1) is 0 Å². The van der Waals surface area contributed by atoms with E-state index in [9.17, 15) is 9.59 Å². The summed E-state index contributed by atoms with van der Waals surface area (Å²) in [7, 11) is 1.76. The van der Waals surface area contributed by atoms with Gasteiger partial charge in [0.05, 0.1) is 12.3 Å². The Kier molecular flexibility index (Phi) is 5.78. The van der Waals surface area contributed by atoms with E-state index in [-0.39, 0.29) is 24.6 Å². The molecule has 0 aromatic heterocycles. The number of para-hydroxylation sites is 1. The van der Waals surface area contributed by atoms with Gasteiger partial charge in [0.2, 0.25) is 0 Å². The molecule has 0 radical (unpaired) electrons. The van der Waals surface area contributed by atoms with Gasteiger partial charge in [-0.1, -0.05) is 30.3 Å². The zero-order valence-electron chi connectivity index (χ0n) is 16.7. The van der Waals surface area contributed by atoms with Crippen molar-refractivity contribution < 1.29 is 14.3 Å². The number of esters is 1. The molecule has 2 aromatic carbocycles. The highest BCUT2D eigenvalue weighted by molar-refractivity contribution is 6.38. The monoisotopic (exact) mass is 379 g/mol. The molecule has 0 spiro atoms. The van der Waals surface area contributed by atoms with Crippen molar-refractivity contribution in [3.8, 4) is 0 Å². The van der Waals surface area contributed by atoms with Crippen LogP contribution in [0, 0.1) is 13.8 Å². The van der Waals surface area contributed by atoms with Crippen LogP contribution in [-0.4, -0.2) is 37.3 Å². The highest BCUT2D eigenvalue weighted by Gasteiger charge is 2.38. The summed E-state index contributed by atoms with van der Waals surface area (Å²) in [6.07, 6.45) is 0.210. The number of likely N-dealkylation sites (N-methyl/N-ethyl adjacent to an activating group) is 1. The van der Waals surface area contributed by atoms with Crippen LogP contribution in [0.25, 0.3) is 0 Å². The first-order valence-electron chi connectivity index (χ1n) is 9.36. The number of anilines is 2. The average molecular weight is 379 g/mol. The highest BCUT2D eigenvalue weighted by Crippen LogP contribution is 2.28. The molecule has 0 N–H and O–H groups in total. The number of hydrogen-bond acceptors (Lipinski definition) is 5. The molecule has 146 valence electrons. The number of hydrazone groups is 1. The molecule has 6 nitrogen and oxygen atoms in total. The zero-order chi connectivity index (χ0) is 20.3. The minimum atomic E-state index is -0.605. The van der Waals surface area contributed by atoms with Crippen LogP contribution in [0.15, 0.2) is 53.6 Å². The van der Waals surface area contributed by atoms with Crippen LogP contribution in [0.2, 0.25) is 0 Å². The molecule has 2 aromatic rings. The lowest BCUT2D eigenvalue weighted by Crippen LogP contribution is -2.44. The fraction of sp³-hybridized carbons (Fsp3) is 0.318. The maximum Gasteiger partial charge on any atom is 0.354 e. The summed E-state index contributed by atoms with van der Waals surface area (Å²) in [6.45, 7) is 5.99. The average Bonchev–Trinajstić information content (AvgIpc) is 3.15. The fourth-order valence-corrected chi connectivity index (χ4v) is 3.28. The maximum atomic E-state index is 13.4. The van der Waals surface area contributed by atoms with E-state index in [2.05, 4.69) is 5.10 Å². The van der Waals surface area contributed by atoms with E-state index in [0.717, 1.165) is 22.5 Å². The third-order valence-electron chi connectivity index (χ3n) is 4.78. The lowest BCUT2D eigenvalue weighted by atomic mass is 10.1. The minimum Gasteiger partial charge on any atom is -0.461 e. The summed E-state index contributed by atoms with van der Waals surface area (Å²) in [4.78, 5) is 27.2. The van der Waals surface area contributed by atoms with Gasteiger partial charge in [0.15, 0.2) is 0 Å². The number of carbonyl (C=O) groups is 2. The molecule has 1 unspecified atom stereocenters. The largest absolute Gasteiger partial charge is 0.461 e. The van der Waals surface area contributed by atoms with Crippen LogP contribution in [0.5, 0.6) is 0 Å². The van der Waals surface area contributed by atoms with Gasteiger partial charge in [-0.2, -0.15) is 5.10 Å². The SMILES string of the molecule is CCOC(=O)C1=NN(c2ccccc2)C(C(=O)N(C)c2cc(C)ccc2C)C1. The van der Waals surface area contributed by atoms with Crippen molar-refractivity contribution >= 4 is 29.0 Å². The van der Waals surface area contributed by atoms with Crippen molar-refractivity contribution in [1.82, 2.24) is 0 Å². The molecule has 6 heteroatoms. The quantitative estimate of drug-likeness (QED) is 0.747. The molecule has 1 amide bonds. The van der Waals surface area contributed by atoms with Crippen molar-refractivity contribution in [2.24, 2.45) is 5.10 Å². The molecule has 1 aliphatic rings. The van der Waals surface area contributed by atoms with Gasteiger partial charge < -0.3 is 9.64 Å². The van der Waals surface area contributed by atoms with E-state index in [0.29, 0.717) is 0 Å². The molecule has 1 heterocycles. The fourth-order valence-electron chi connectivity index (χ4n) is 3.28. The van der Waals surface area contributed by atoms with Gasteiger partial charge in [-0.05, 0) is 50.1 Å². The number of ether oxygens (including phenoxy) is 1. The van der Waals surface area contributed by atoms with Crippen molar-refractivity contribution in [2.75, 3.05) is 23.6 Å². The molecule has 28 heavy (non-hydrogen) atoms. The van der Waals surface area contributed by atoms with E-state index in [1.54, 1.807) is 23.9 Å². The first-order chi connectivity index (χ1) is 13.4. The van der Waals surface area contributed by atoms with Crippen LogP contribution in [0.3, 0.4) is 0 Å². The highest BCUT2D eigenvalue weighted by atomic mass is 16.5. The summed E-state index contributed by atoms with van der Waals surface area (Å²) < 4.78 is 5.10. The van der Waals surface area contributed by atoms with E-state index >= 15 is 0 Å². The summed E-state index contributed by atoms with van der Waals surface area (Å²) in [5.74, 6) is -0.603. The molecular weight excluding hydrogens is 354 g/mol. The Morgan fingerprint density at radius 3 is 2.57 bits per heavy atom. The van der Waals surface area contributed by atoms with Crippen LogP contribution in [0.1, 0.15) is 24.5 Å². The number of amides is 1. The van der Waals surface area contributed by atoms with Crippen LogP contribution in [-0.2, 0) is 14.3 Å². The van der Waals surface area contributed by atoms with Crippen molar-refractivity contribution in [3.05, 3.63) is 59.7 Å². The molecule has 0 bridgehead atoms. The number of hydrogen-bond donors (Lipinski definition) is 0. The van der Waals surface area contributed by atoms with E-state index in [4.69, 9.17) is 4.74 Å². The van der Waals surface area contributed by atoms with E-state index in [1.165, 1.54) is 0 Å². The first-order valence-corrected chi connectivity index (χ1v) is 9.36. The Morgan fingerprint density at radius 1 is 1.18 bits per heavy atom. The minimum absolute atomic E-state index is 0.124. The van der Waals surface area contributed by atoms with Crippen LogP contribution in [0.4, 0.5) is 11.4 Å². The summed E-state index contributed by atoms with van der Waals surface area (Å²) >= 11 is 0. The summed E-state index contributed by atoms with van der Waals surface area (Å²) in [5.41, 5.74) is 3.96. The Balaban J connectivity index is 1.93. The van der Waals surface area contributed by atoms with Gasteiger partial charge in [0.1, 0.15) is 11.8 Å². The van der Waals surface area contributed by atoms with Crippen LogP contribution < -0.4 is 9.91 Å². The number of carbonyl (C=O) groups excluding carboxylic acids is 2. The van der Waals surface area contributed by atoms with Gasteiger partial charge in [-0.3, -0.25) is 9.80 Å². The molecule has 0 saturated carbocycles. The standard InChI is InChI=1S/C22H25N3O3/c1-5-28-22(27)18-14-20(25(23-18)17-9-7-6-8-10-17)21(26)24(4)19-13-15(2)11-12-16(19)3/h6-13,20H,5,14H2,1-4H3. The Bertz CT molecular complexity index is 908. The van der Waals surface area contributed by atoms with E-state index < -0.39 is 12.0 Å². The Morgan fingerprint density at radius 2 is 1.89 bits per heavy atom. The van der Waals surface area contributed by atoms with Crippen molar-refractivity contribution in [2.45, 2.75) is 33.2 Å². The third kappa shape index (κ3) is 3.91. The normalized spacial score (nSPS) is 15.9. The number of nitrogens with zero attached hydrogens (tertiary/aromatic N) is 3.